The number of alkyl halides is 3. The van der Waals surface area contributed by atoms with Gasteiger partial charge in [-0.3, -0.25) is 4.79 Å². The lowest BCUT2D eigenvalue weighted by Gasteiger charge is -2.25. The van der Waals surface area contributed by atoms with E-state index in [1.54, 1.807) is 0 Å². The zero-order chi connectivity index (χ0) is 13.6. The Labute approximate surface area is 104 Å². The van der Waals surface area contributed by atoms with Crippen LogP contribution in [0.2, 0.25) is 0 Å². The van der Waals surface area contributed by atoms with Crippen molar-refractivity contribution in [1.82, 2.24) is 5.32 Å². The Bertz CT molecular complexity index is 276. The molecule has 0 heterocycles. The summed E-state index contributed by atoms with van der Waals surface area (Å²) in [5.41, 5.74) is 5.09. The van der Waals surface area contributed by atoms with Crippen LogP contribution < -0.4 is 11.1 Å². The average Bonchev–Trinajstić information content (AvgIpc) is 2.76. The molecule has 0 unspecified atom stereocenters. The number of hydrogen-bond acceptors (Lipinski definition) is 3. The number of ether oxygens (including phenoxy) is 1. The second kappa shape index (κ2) is 6.38. The topological polar surface area (TPSA) is 64.4 Å². The molecule has 0 radical (unpaired) electrons. The molecule has 1 aliphatic carbocycles. The molecule has 0 aromatic rings. The Morgan fingerprint density at radius 1 is 1.33 bits per heavy atom. The monoisotopic (exact) mass is 268 g/mol. The van der Waals surface area contributed by atoms with E-state index in [2.05, 4.69) is 10.1 Å². The summed E-state index contributed by atoms with van der Waals surface area (Å²) in [7, 11) is 0. The third kappa shape index (κ3) is 4.45. The van der Waals surface area contributed by atoms with Gasteiger partial charge in [0.2, 0.25) is 5.91 Å². The number of rotatable bonds is 6. The molecular formula is C11H19F3N2O2. The van der Waals surface area contributed by atoms with Crippen LogP contribution >= 0.6 is 0 Å². The van der Waals surface area contributed by atoms with E-state index in [4.69, 9.17) is 5.73 Å². The molecule has 0 bridgehead atoms. The minimum atomic E-state index is -4.33. The minimum Gasteiger partial charge on any atom is -0.370 e. The van der Waals surface area contributed by atoms with E-state index in [0.717, 1.165) is 25.7 Å². The summed E-state index contributed by atoms with van der Waals surface area (Å²) in [5.74, 6) is -0.168. The highest BCUT2D eigenvalue weighted by atomic mass is 19.4. The fraction of sp³-hybridized carbons (Fsp3) is 0.909. The number of halogens is 3. The van der Waals surface area contributed by atoms with Crippen LogP contribution in [0.15, 0.2) is 0 Å². The molecule has 1 fully saturated rings. The third-order valence-electron chi connectivity index (χ3n) is 3.23. The van der Waals surface area contributed by atoms with Crippen molar-refractivity contribution in [1.29, 1.82) is 0 Å². The fourth-order valence-corrected chi connectivity index (χ4v) is 2.19. The number of carbonyl (C=O) groups excluding carboxylic acids is 1. The van der Waals surface area contributed by atoms with Crippen molar-refractivity contribution in [2.24, 2.45) is 11.1 Å². The second-order valence-electron chi connectivity index (χ2n) is 4.62. The number of carbonyl (C=O) groups is 1. The van der Waals surface area contributed by atoms with Crippen molar-refractivity contribution in [2.45, 2.75) is 31.9 Å². The van der Waals surface area contributed by atoms with Crippen LogP contribution in [0, 0.1) is 5.41 Å². The van der Waals surface area contributed by atoms with E-state index in [1.807, 2.05) is 0 Å². The van der Waals surface area contributed by atoms with Crippen LogP contribution in [-0.2, 0) is 9.53 Å². The molecule has 0 aliphatic heterocycles. The Kier molecular flexibility index (Phi) is 5.40. The molecule has 0 aromatic heterocycles. The maximum atomic E-state index is 11.9. The van der Waals surface area contributed by atoms with Crippen LogP contribution in [0.25, 0.3) is 0 Å². The maximum Gasteiger partial charge on any atom is 0.411 e. The maximum absolute atomic E-state index is 11.9. The van der Waals surface area contributed by atoms with E-state index in [1.165, 1.54) is 0 Å². The molecule has 106 valence electrons. The number of amides is 1. The van der Waals surface area contributed by atoms with E-state index < -0.39 is 18.2 Å². The standard InChI is InChI=1S/C11H19F3N2O2/c12-11(13,14)8-18-6-5-16-9(17)10(7-15)3-1-2-4-10/h1-8,15H2,(H,16,17). The SMILES string of the molecule is NCC1(C(=O)NCCOCC(F)(F)F)CCCC1. The smallest absolute Gasteiger partial charge is 0.370 e. The number of nitrogens with two attached hydrogens (primary N) is 1. The van der Waals surface area contributed by atoms with Gasteiger partial charge in [0, 0.05) is 13.1 Å². The van der Waals surface area contributed by atoms with Gasteiger partial charge in [-0.05, 0) is 12.8 Å². The molecule has 7 heteroatoms. The summed E-state index contributed by atoms with van der Waals surface area (Å²) in [6.45, 7) is -1.07. The molecule has 0 spiro atoms. The van der Waals surface area contributed by atoms with Gasteiger partial charge in [-0.25, -0.2) is 0 Å². The average molecular weight is 268 g/mol. The van der Waals surface area contributed by atoms with Gasteiger partial charge in [0.1, 0.15) is 6.61 Å². The first-order valence-corrected chi connectivity index (χ1v) is 6.02. The van der Waals surface area contributed by atoms with E-state index in [9.17, 15) is 18.0 Å². The molecule has 3 N–H and O–H groups in total. The lowest BCUT2D eigenvalue weighted by atomic mass is 9.85. The summed E-state index contributed by atoms with van der Waals surface area (Å²) < 4.78 is 39.7. The fourth-order valence-electron chi connectivity index (χ4n) is 2.19. The van der Waals surface area contributed by atoms with Gasteiger partial charge < -0.3 is 15.8 Å². The number of nitrogens with one attached hydrogen (secondary N) is 1. The van der Waals surface area contributed by atoms with Gasteiger partial charge in [-0.1, -0.05) is 12.8 Å². The van der Waals surface area contributed by atoms with Gasteiger partial charge >= 0.3 is 6.18 Å². The van der Waals surface area contributed by atoms with E-state index in [-0.39, 0.29) is 25.6 Å². The van der Waals surface area contributed by atoms with E-state index >= 15 is 0 Å². The van der Waals surface area contributed by atoms with Crippen molar-refractivity contribution in [3.8, 4) is 0 Å². The summed E-state index contributed by atoms with van der Waals surface area (Å²) in [5, 5.41) is 2.59. The third-order valence-corrected chi connectivity index (χ3v) is 3.23. The molecule has 4 nitrogen and oxygen atoms in total. The van der Waals surface area contributed by atoms with Gasteiger partial charge in [0.15, 0.2) is 0 Å². The minimum absolute atomic E-state index is 0.0800. The first-order valence-electron chi connectivity index (χ1n) is 6.02. The largest absolute Gasteiger partial charge is 0.411 e. The predicted octanol–water partition coefficient (Wildman–Crippen LogP) is 1.20. The Morgan fingerprint density at radius 2 is 1.94 bits per heavy atom. The van der Waals surface area contributed by atoms with Crippen molar-refractivity contribution in [3.63, 3.8) is 0 Å². The van der Waals surface area contributed by atoms with Gasteiger partial charge in [0.25, 0.3) is 0 Å². The first kappa shape index (κ1) is 15.2. The summed E-state index contributed by atoms with van der Waals surface area (Å²) in [4.78, 5) is 11.9. The molecule has 0 saturated heterocycles. The highest BCUT2D eigenvalue weighted by molar-refractivity contribution is 5.83. The van der Waals surface area contributed by atoms with Crippen LogP contribution in [0.4, 0.5) is 13.2 Å². The summed E-state index contributed by atoms with van der Waals surface area (Å²) in [6.07, 6.45) is -0.893. The van der Waals surface area contributed by atoms with Gasteiger partial charge in [0.05, 0.1) is 12.0 Å². The normalized spacial score (nSPS) is 18.9. The molecule has 1 saturated carbocycles. The molecule has 1 rings (SSSR count). The Balaban J connectivity index is 2.21. The molecule has 18 heavy (non-hydrogen) atoms. The Morgan fingerprint density at radius 3 is 2.44 bits per heavy atom. The zero-order valence-corrected chi connectivity index (χ0v) is 10.2. The van der Waals surface area contributed by atoms with Crippen molar-refractivity contribution >= 4 is 5.91 Å². The Hall–Kier alpha value is -0.820. The van der Waals surface area contributed by atoms with Gasteiger partial charge in [-0.2, -0.15) is 13.2 Å². The highest BCUT2D eigenvalue weighted by Gasteiger charge is 2.39. The molecule has 0 atom stereocenters. The number of hydrogen-bond donors (Lipinski definition) is 2. The van der Waals surface area contributed by atoms with Crippen LogP contribution in [0.1, 0.15) is 25.7 Å². The second-order valence-corrected chi connectivity index (χ2v) is 4.62. The zero-order valence-electron chi connectivity index (χ0n) is 10.2. The van der Waals surface area contributed by atoms with E-state index in [0.29, 0.717) is 0 Å². The molecule has 1 amide bonds. The van der Waals surface area contributed by atoms with Crippen molar-refractivity contribution < 1.29 is 22.7 Å². The molecule has 0 aromatic carbocycles. The van der Waals surface area contributed by atoms with Crippen LogP contribution in [0.3, 0.4) is 0 Å². The lowest BCUT2D eigenvalue weighted by Crippen LogP contribution is -2.45. The van der Waals surface area contributed by atoms with Crippen LogP contribution in [0.5, 0.6) is 0 Å². The molecule has 1 aliphatic rings. The highest BCUT2D eigenvalue weighted by Crippen LogP contribution is 2.37. The quantitative estimate of drug-likeness (QED) is 0.711. The lowest BCUT2D eigenvalue weighted by molar-refractivity contribution is -0.173. The van der Waals surface area contributed by atoms with Crippen molar-refractivity contribution in [3.05, 3.63) is 0 Å². The first-order chi connectivity index (χ1) is 8.40. The summed E-state index contributed by atoms with van der Waals surface area (Å²) >= 11 is 0. The van der Waals surface area contributed by atoms with Gasteiger partial charge in [-0.15, -0.1) is 0 Å². The predicted molar refractivity (Wildman–Crippen MR) is 59.8 cm³/mol. The van der Waals surface area contributed by atoms with Crippen molar-refractivity contribution in [2.75, 3.05) is 26.3 Å². The van der Waals surface area contributed by atoms with Crippen LogP contribution in [-0.4, -0.2) is 38.4 Å². The molecular weight excluding hydrogens is 249 g/mol. The summed E-state index contributed by atoms with van der Waals surface area (Å²) in [6, 6.07) is 0.